The van der Waals surface area contributed by atoms with E-state index in [1.807, 2.05) is 13.0 Å². The van der Waals surface area contributed by atoms with E-state index in [9.17, 15) is 0 Å². The molecule has 1 radical (unpaired) electrons. The highest BCUT2D eigenvalue weighted by atomic mass is 16.5. The van der Waals surface area contributed by atoms with Crippen molar-refractivity contribution in [2.24, 2.45) is 0 Å². The average molecular weight is 161 g/mol. The average Bonchev–Trinajstić information content (AvgIpc) is 2.51. The van der Waals surface area contributed by atoms with Crippen molar-refractivity contribution < 1.29 is 4.74 Å². The highest BCUT2D eigenvalue weighted by Crippen LogP contribution is 2.27. The summed E-state index contributed by atoms with van der Waals surface area (Å²) in [5.74, 6) is 1.01. The normalized spacial score (nSPS) is 14.4. The minimum atomic E-state index is 0.752. The van der Waals surface area contributed by atoms with Crippen LogP contribution in [0.15, 0.2) is 18.2 Å². The molecular weight excluding hydrogens is 148 g/mol. The first-order valence-electron chi connectivity index (χ1n) is 4.49. The monoisotopic (exact) mass is 161 g/mol. The van der Waals surface area contributed by atoms with Crippen molar-refractivity contribution in [1.29, 1.82) is 0 Å². The minimum absolute atomic E-state index is 0.752. The van der Waals surface area contributed by atoms with Gasteiger partial charge in [0.05, 0.1) is 6.61 Å². The Bertz CT molecular complexity index is 278. The quantitative estimate of drug-likeness (QED) is 0.647. The van der Waals surface area contributed by atoms with Crippen molar-refractivity contribution in [3.05, 3.63) is 35.7 Å². The number of hydrogen-bond acceptors (Lipinski definition) is 1. The summed E-state index contributed by atoms with van der Waals surface area (Å²) in [6.07, 6.45) is 4.65. The van der Waals surface area contributed by atoms with Crippen molar-refractivity contribution in [2.45, 2.75) is 19.8 Å². The van der Waals surface area contributed by atoms with Gasteiger partial charge in [-0.1, -0.05) is 6.07 Å². The highest BCUT2D eigenvalue weighted by Gasteiger charge is 2.10. The molecule has 63 valence electrons. The van der Waals surface area contributed by atoms with Crippen LogP contribution in [-0.4, -0.2) is 6.61 Å². The third-order valence-electron chi connectivity index (χ3n) is 2.20. The van der Waals surface area contributed by atoms with E-state index in [-0.39, 0.29) is 0 Å². The van der Waals surface area contributed by atoms with E-state index in [0.29, 0.717) is 0 Å². The van der Waals surface area contributed by atoms with E-state index in [1.54, 1.807) is 0 Å². The van der Waals surface area contributed by atoms with Gasteiger partial charge < -0.3 is 4.74 Å². The number of fused-ring (bicyclic) bond motifs is 1. The molecule has 1 aromatic carbocycles. The van der Waals surface area contributed by atoms with Crippen LogP contribution in [0.3, 0.4) is 0 Å². The lowest BCUT2D eigenvalue weighted by molar-refractivity contribution is 0.340. The van der Waals surface area contributed by atoms with E-state index in [1.165, 1.54) is 24.0 Å². The van der Waals surface area contributed by atoms with Gasteiger partial charge in [0, 0.05) is 0 Å². The summed E-state index contributed by atoms with van der Waals surface area (Å²) >= 11 is 0. The van der Waals surface area contributed by atoms with Gasteiger partial charge in [-0.25, -0.2) is 0 Å². The lowest BCUT2D eigenvalue weighted by Gasteiger charge is -2.04. The fourth-order valence-electron chi connectivity index (χ4n) is 1.64. The lowest BCUT2D eigenvalue weighted by Crippen LogP contribution is -1.92. The molecule has 0 aromatic heterocycles. The maximum absolute atomic E-state index is 5.42. The molecule has 0 unspecified atom stereocenters. The van der Waals surface area contributed by atoms with Gasteiger partial charge in [-0.3, -0.25) is 0 Å². The number of hydrogen-bond donors (Lipinski definition) is 0. The third-order valence-corrected chi connectivity index (χ3v) is 2.20. The number of ether oxygens (including phenoxy) is 1. The largest absolute Gasteiger partial charge is 0.494 e. The second-order valence-corrected chi connectivity index (χ2v) is 3.04. The molecule has 2 rings (SSSR count). The van der Waals surface area contributed by atoms with Crippen LogP contribution >= 0.6 is 0 Å². The molecule has 0 spiro atoms. The topological polar surface area (TPSA) is 9.23 Å². The van der Waals surface area contributed by atoms with Gasteiger partial charge in [0.2, 0.25) is 0 Å². The zero-order valence-electron chi connectivity index (χ0n) is 7.34. The second-order valence-electron chi connectivity index (χ2n) is 3.04. The maximum Gasteiger partial charge on any atom is 0.119 e. The smallest absolute Gasteiger partial charge is 0.119 e. The molecule has 12 heavy (non-hydrogen) atoms. The summed E-state index contributed by atoms with van der Waals surface area (Å²) in [6, 6.07) is 6.35. The van der Waals surface area contributed by atoms with Crippen molar-refractivity contribution in [3.8, 4) is 5.75 Å². The van der Waals surface area contributed by atoms with E-state index in [0.717, 1.165) is 12.4 Å². The standard InChI is InChI=1S/C11H13O/c1-2-12-11-7-6-9-4-3-5-10(9)8-11/h4,6-8H,2-3,5H2,1H3. The van der Waals surface area contributed by atoms with Gasteiger partial charge in [0.15, 0.2) is 0 Å². The Kier molecular flexibility index (Phi) is 2.03. The molecule has 0 amide bonds. The maximum atomic E-state index is 5.42. The van der Waals surface area contributed by atoms with E-state index >= 15 is 0 Å². The molecular formula is C11H13O. The van der Waals surface area contributed by atoms with Gasteiger partial charge in [-0.05, 0) is 49.4 Å². The molecule has 1 aliphatic rings. The van der Waals surface area contributed by atoms with Crippen molar-refractivity contribution in [1.82, 2.24) is 0 Å². The SMILES string of the molecule is CCOc1ccc2c(c1)CC[CH]2. The van der Waals surface area contributed by atoms with Crippen LogP contribution in [-0.2, 0) is 6.42 Å². The summed E-state index contributed by atoms with van der Waals surface area (Å²) in [5, 5.41) is 0. The molecule has 1 nitrogen and oxygen atoms in total. The van der Waals surface area contributed by atoms with Gasteiger partial charge in [0.25, 0.3) is 0 Å². The summed E-state index contributed by atoms with van der Waals surface area (Å²) < 4.78 is 5.42. The Morgan fingerprint density at radius 1 is 1.42 bits per heavy atom. The first kappa shape index (κ1) is 7.66. The van der Waals surface area contributed by atoms with Crippen LogP contribution in [0.5, 0.6) is 5.75 Å². The van der Waals surface area contributed by atoms with E-state index < -0.39 is 0 Å². The van der Waals surface area contributed by atoms with Crippen LogP contribution in [0.25, 0.3) is 0 Å². The predicted molar refractivity (Wildman–Crippen MR) is 49.3 cm³/mol. The first-order valence-corrected chi connectivity index (χ1v) is 4.49. The molecule has 1 heteroatoms. The molecule has 0 saturated carbocycles. The number of benzene rings is 1. The zero-order valence-corrected chi connectivity index (χ0v) is 7.34. The predicted octanol–water partition coefficient (Wildman–Crippen LogP) is 2.58. The summed E-state index contributed by atoms with van der Waals surface area (Å²) in [6.45, 7) is 2.77. The van der Waals surface area contributed by atoms with Gasteiger partial charge >= 0.3 is 0 Å². The molecule has 0 fully saturated rings. The molecule has 1 aliphatic carbocycles. The van der Waals surface area contributed by atoms with Crippen molar-refractivity contribution in [3.63, 3.8) is 0 Å². The molecule has 0 aliphatic heterocycles. The summed E-state index contributed by atoms with van der Waals surface area (Å²) in [4.78, 5) is 0. The van der Waals surface area contributed by atoms with Gasteiger partial charge in [0.1, 0.15) is 5.75 Å². The number of aryl methyl sites for hydroxylation is 1. The van der Waals surface area contributed by atoms with Crippen LogP contribution in [0.2, 0.25) is 0 Å². The van der Waals surface area contributed by atoms with Crippen molar-refractivity contribution >= 4 is 0 Å². The molecule has 1 aromatic rings. The summed E-state index contributed by atoms with van der Waals surface area (Å²) in [5.41, 5.74) is 2.82. The Hall–Kier alpha value is -0.980. The van der Waals surface area contributed by atoms with Crippen LogP contribution < -0.4 is 4.74 Å². The van der Waals surface area contributed by atoms with Crippen molar-refractivity contribution in [2.75, 3.05) is 6.61 Å². The Morgan fingerprint density at radius 3 is 3.17 bits per heavy atom. The second kappa shape index (κ2) is 3.18. The third kappa shape index (κ3) is 1.31. The van der Waals surface area contributed by atoms with Gasteiger partial charge in [-0.15, -0.1) is 0 Å². The van der Waals surface area contributed by atoms with Crippen LogP contribution in [0.1, 0.15) is 24.5 Å². The van der Waals surface area contributed by atoms with Gasteiger partial charge in [-0.2, -0.15) is 0 Å². The summed E-state index contributed by atoms with van der Waals surface area (Å²) in [7, 11) is 0. The molecule has 0 N–H and O–H groups in total. The molecule has 0 heterocycles. The van der Waals surface area contributed by atoms with E-state index in [4.69, 9.17) is 4.74 Å². The Morgan fingerprint density at radius 2 is 2.33 bits per heavy atom. The highest BCUT2D eigenvalue weighted by molar-refractivity contribution is 5.42. The fourth-order valence-corrected chi connectivity index (χ4v) is 1.64. The molecule has 0 atom stereocenters. The molecule has 0 bridgehead atoms. The first-order chi connectivity index (χ1) is 5.90. The number of rotatable bonds is 2. The Labute approximate surface area is 73.4 Å². The molecule has 0 saturated heterocycles. The lowest BCUT2D eigenvalue weighted by atomic mass is 10.1. The van der Waals surface area contributed by atoms with Crippen LogP contribution in [0, 0.1) is 6.42 Å². The van der Waals surface area contributed by atoms with E-state index in [2.05, 4.69) is 18.6 Å². The minimum Gasteiger partial charge on any atom is -0.494 e. The fraction of sp³-hybridized carbons (Fsp3) is 0.364. The Balaban J connectivity index is 2.26. The zero-order chi connectivity index (χ0) is 8.39. The van der Waals surface area contributed by atoms with Crippen LogP contribution in [0.4, 0.5) is 0 Å².